The highest BCUT2D eigenvalue weighted by Crippen LogP contribution is 2.79. The molecule has 1 heterocycles. The third-order valence-electron chi connectivity index (χ3n) is 4.80. The summed E-state index contributed by atoms with van der Waals surface area (Å²) < 4.78 is 41.5. The summed E-state index contributed by atoms with van der Waals surface area (Å²) in [5, 5.41) is 2.04. The molecule has 0 bridgehead atoms. The van der Waals surface area contributed by atoms with Crippen molar-refractivity contribution in [1.29, 1.82) is 0 Å². The van der Waals surface area contributed by atoms with Gasteiger partial charge in [-0.05, 0) is 25.7 Å². The van der Waals surface area contributed by atoms with E-state index in [2.05, 4.69) is 52.0 Å². The van der Waals surface area contributed by atoms with Crippen molar-refractivity contribution in [3.63, 3.8) is 0 Å². The SMILES string of the molecule is CCCOP1(OCCC)=NP(OCCC)(OCCC)=NP(c2ccccc2)(c2ccccc2)=N1. The Kier molecular flexibility index (Phi) is 10.8. The molecule has 1 aliphatic heterocycles. The monoisotopic (exact) mass is 525 g/mol. The van der Waals surface area contributed by atoms with Gasteiger partial charge in [0.25, 0.3) is 0 Å². The van der Waals surface area contributed by atoms with Gasteiger partial charge in [0.2, 0.25) is 0 Å². The predicted octanol–water partition coefficient (Wildman–Crippen LogP) is 8.37. The van der Waals surface area contributed by atoms with Gasteiger partial charge in [0.1, 0.15) is 7.21 Å². The molecule has 0 saturated carbocycles. The van der Waals surface area contributed by atoms with Gasteiger partial charge in [0.05, 0.1) is 26.4 Å². The summed E-state index contributed by atoms with van der Waals surface area (Å²) in [5.74, 6) is 0. The Bertz CT molecular complexity index is 975. The smallest absolute Gasteiger partial charge is 0.306 e. The number of hydrogen-bond donors (Lipinski definition) is 0. The minimum Gasteiger partial charge on any atom is -0.306 e. The zero-order chi connectivity index (χ0) is 24.3. The van der Waals surface area contributed by atoms with Gasteiger partial charge in [0, 0.05) is 10.6 Å². The van der Waals surface area contributed by atoms with Crippen LogP contribution in [0.5, 0.6) is 0 Å². The van der Waals surface area contributed by atoms with E-state index in [1.807, 2.05) is 36.4 Å². The summed E-state index contributed by atoms with van der Waals surface area (Å²) in [6.07, 6.45) is 3.33. The van der Waals surface area contributed by atoms with E-state index in [0.29, 0.717) is 26.4 Å². The van der Waals surface area contributed by atoms with E-state index in [9.17, 15) is 0 Å². The summed E-state index contributed by atoms with van der Waals surface area (Å²) in [5.41, 5.74) is 0. The molecule has 0 fully saturated rings. The molecule has 0 unspecified atom stereocenters. The normalized spacial score (nSPS) is 17.9. The molecule has 188 valence electrons. The number of rotatable bonds is 14. The summed E-state index contributed by atoms with van der Waals surface area (Å²) in [6, 6.07) is 20.5. The Balaban J connectivity index is 2.44. The third kappa shape index (κ3) is 6.59. The maximum atomic E-state index is 6.43. The Morgan fingerprint density at radius 1 is 0.500 bits per heavy atom. The molecule has 0 atom stereocenters. The van der Waals surface area contributed by atoms with Crippen molar-refractivity contribution >= 4 is 33.1 Å². The van der Waals surface area contributed by atoms with E-state index in [1.165, 1.54) is 0 Å². The van der Waals surface area contributed by atoms with Gasteiger partial charge < -0.3 is 18.1 Å². The van der Waals surface area contributed by atoms with Crippen LogP contribution >= 0.6 is 22.5 Å². The highest BCUT2D eigenvalue weighted by atomic mass is 31.3. The minimum atomic E-state index is -3.07. The second-order valence-electron chi connectivity index (χ2n) is 7.85. The maximum Gasteiger partial charge on any atom is 0.345 e. The Morgan fingerprint density at radius 2 is 0.853 bits per heavy atom. The van der Waals surface area contributed by atoms with Crippen LogP contribution in [0, 0.1) is 0 Å². The van der Waals surface area contributed by atoms with Crippen LogP contribution in [-0.2, 0) is 18.1 Å². The second-order valence-corrected chi connectivity index (χ2v) is 15.2. The molecular weight excluding hydrogens is 487 g/mol. The third-order valence-corrected chi connectivity index (χ3v) is 14.6. The fraction of sp³-hybridized carbons (Fsp3) is 0.500. The molecule has 3 rings (SSSR count). The molecule has 1 aliphatic rings. The lowest BCUT2D eigenvalue weighted by Gasteiger charge is -2.35. The van der Waals surface area contributed by atoms with Crippen LogP contribution in [0.1, 0.15) is 53.4 Å². The van der Waals surface area contributed by atoms with Gasteiger partial charge in [0.15, 0.2) is 0 Å². The van der Waals surface area contributed by atoms with Crippen molar-refractivity contribution in [2.24, 2.45) is 13.5 Å². The van der Waals surface area contributed by atoms with Crippen LogP contribution in [0.4, 0.5) is 0 Å². The van der Waals surface area contributed by atoms with Gasteiger partial charge >= 0.3 is 15.3 Å². The highest BCUT2D eigenvalue weighted by molar-refractivity contribution is 7.89. The second kappa shape index (κ2) is 13.3. The molecule has 0 N–H and O–H groups in total. The van der Waals surface area contributed by atoms with Crippen molar-refractivity contribution < 1.29 is 18.1 Å². The molecule has 0 aromatic heterocycles. The zero-order valence-electron chi connectivity index (χ0n) is 20.7. The molecule has 10 heteroatoms. The van der Waals surface area contributed by atoms with Crippen LogP contribution in [0.15, 0.2) is 74.2 Å². The molecule has 0 saturated heterocycles. The van der Waals surface area contributed by atoms with Gasteiger partial charge in [-0.1, -0.05) is 88.4 Å². The van der Waals surface area contributed by atoms with Gasteiger partial charge in [-0.3, -0.25) is 0 Å². The molecule has 0 aliphatic carbocycles. The average Bonchev–Trinajstić information content (AvgIpc) is 2.89. The van der Waals surface area contributed by atoms with E-state index >= 15 is 0 Å². The van der Waals surface area contributed by atoms with E-state index in [4.69, 9.17) is 31.6 Å². The molecule has 34 heavy (non-hydrogen) atoms. The van der Waals surface area contributed by atoms with Crippen LogP contribution in [-0.4, -0.2) is 26.4 Å². The minimum absolute atomic E-state index is 0.496. The highest BCUT2D eigenvalue weighted by Gasteiger charge is 2.42. The molecule has 7 nitrogen and oxygen atoms in total. The van der Waals surface area contributed by atoms with E-state index < -0.39 is 22.5 Å². The standard InChI is InChI=1S/C24H38N3O4P3/c1-5-19-28-33(29-20-6-2)25-32(23-15-11-9-12-16-23,24-17-13-10-14-18-24)26-34(27-33,30-21-7-3)31-22-8-4/h9-18H,5-8,19-22H2,1-4H3. The lowest BCUT2D eigenvalue weighted by atomic mass is 10.4. The zero-order valence-corrected chi connectivity index (χ0v) is 23.4. The van der Waals surface area contributed by atoms with E-state index in [1.54, 1.807) is 0 Å². The van der Waals surface area contributed by atoms with Gasteiger partial charge in [-0.2, -0.15) is 9.03 Å². The summed E-state index contributed by atoms with van der Waals surface area (Å²) in [7, 11) is -8.89. The van der Waals surface area contributed by atoms with E-state index in [0.717, 1.165) is 36.3 Å². The number of benzene rings is 2. The van der Waals surface area contributed by atoms with Gasteiger partial charge in [-0.15, -0.1) is 4.52 Å². The summed E-state index contributed by atoms with van der Waals surface area (Å²) >= 11 is 0. The summed E-state index contributed by atoms with van der Waals surface area (Å²) in [6.45, 7) is 10.3. The molecule has 0 spiro atoms. The molecule has 0 amide bonds. The lowest BCUT2D eigenvalue weighted by Crippen LogP contribution is -2.17. The Hall–Kier alpha value is -1.03. The Labute approximate surface area is 205 Å². The number of nitrogens with zero attached hydrogens (tertiary/aromatic N) is 3. The first-order chi connectivity index (χ1) is 16.6. The van der Waals surface area contributed by atoms with Crippen molar-refractivity contribution in [1.82, 2.24) is 0 Å². The van der Waals surface area contributed by atoms with Crippen molar-refractivity contribution in [3.8, 4) is 0 Å². The Morgan fingerprint density at radius 3 is 1.21 bits per heavy atom. The fourth-order valence-corrected chi connectivity index (χ4v) is 15.0. The maximum absolute atomic E-state index is 6.43. The first-order valence-corrected chi connectivity index (χ1v) is 16.9. The van der Waals surface area contributed by atoms with Gasteiger partial charge in [-0.25, -0.2) is 0 Å². The molecule has 2 aromatic carbocycles. The quantitative estimate of drug-likeness (QED) is 0.232. The average molecular weight is 526 g/mol. The van der Waals surface area contributed by atoms with Crippen LogP contribution in [0.2, 0.25) is 0 Å². The lowest BCUT2D eigenvalue weighted by molar-refractivity contribution is 0.228. The first-order valence-electron chi connectivity index (χ1n) is 12.2. The summed E-state index contributed by atoms with van der Waals surface area (Å²) in [4.78, 5) is 0. The fourth-order valence-electron chi connectivity index (χ4n) is 3.27. The first kappa shape index (κ1) is 27.6. The van der Waals surface area contributed by atoms with Crippen LogP contribution in [0.25, 0.3) is 0 Å². The molecule has 2 aromatic rings. The largest absolute Gasteiger partial charge is 0.345 e. The van der Waals surface area contributed by atoms with Crippen molar-refractivity contribution in [2.45, 2.75) is 53.4 Å². The van der Waals surface area contributed by atoms with Crippen LogP contribution < -0.4 is 10.6 Å². The predicted molar refractivity (Wildman–Crippen MR) is 145 cm³/mol. The number of hydrogen-bond acceptors (Lipinski definition) is 7. The topological polar surface area (TPSA) is 74.0 Å². The molecular formula is C24H38N3O4P3. The molecule has 0 radical (unpaired) electrons. The van der Waals surface area contributed by atoms with E-state index in [-0.39, 0.29) is 0 Å². The van der Waals surface area contributed by atoms with Crippen molar-refractivity contribution in [2.75, 3.05) is 26.4 Å². The van der Waals surface area contributed by atoms with Crippen molar-refractivity contribution in [3.05, 3.63) is 60.7 Å². The van der Waals surface area contributed by atoms with Crippen LogP contribution in [0.3, 0.4) is 0 Å².